The maximum absolute atomic E-state index is 11.5. The number of anilines is 1. The fourth-order valence-electron chi connectivity index (χ4n) is 2.57. The molecule has 0 aliphatic heterocycles. The van der Waals surface area contributed by atoms with Crippen molar-refractivity contribution in [1.29, 1.82) is 0 Å². The largest absolute Gasteiger partial charge is 0.506 e. The van der Waals surface area contributed by atoms with Gasteiger partial charge in [-0.05, 0) is 30.3 Å². The Morgan fingerprint density at radius 1 is 1.12 bits per heavy atom. The summed E-state index contributed by atoms with van der Waals surface area (Å²) in [5.41, 5.74) is 0.587. The average molecular weight is 372 g/mol. The Balaban J connectivity index is 2.13. The Morgan fingerprint density at radius 2 is 1.81 bits per heavy atom. The van der Waals surface area contributed by atoms with Crippen LogP contribution in [0.3, 0.4) is 0 Å². The van der Waals surface area contributed by atoms with E-state index in [1.54, 1.807) is 18.2 Å². The maximum Gasteiger partial charge on any atom is 0.335 e. The number of phenols is 1. The van der Waals surface area contributed by atoms with E-state index in [1.165, 1.54) is 37.3 Å². The summed E-state index contributed by atoms with van der Waals surface area (Å²) in [7, 11) is 0. The number of fused-ring (bicyclic) bond motifs is 1. The van der Waals surface area contributed by atoms with Gasteiger partial charge in [0.25, 0.3) is 0 Å². The Kier molecular flexibility index (Phi) is 4.69. The molecule has 0 unspecified atom stereocenters. The highest BCUT2D eigenvalue weighted by Crippen LogP contribution is 2.43. The molecule has 0 fully saturated rings. The van der Waals surface area contributed by atoms with Gasteiger partial charge in [0.05, 0.1) is 21.7 Å². The van der Waals surface area contributed by atoms with Crippen LogP contribution in [0.2, 0.25) is 5.02 Å². The molecule has 0 aliphatic rings. The Bertz CT molecular complexity index is 1010. The average Bonchev–Trinajstić information content (AvgIpc) is 2.59. The zero-order chi connectivity index (χ0) is 18.8. The van der Waals surface area contributed by atoms with E-state index in [2.05, 4.69) is 5.32 Å². The molecule has 1 amide bonds. The van der Waals surface area contributed by atoms with Crippen LogP contribution in [0.15, 0.2) is 48.5 Å². The number of rotatable bonds is 4. The zero-order valence-electron chi connectivity index (χ0n) is 13.6. The van der Waals surface area contributed by atoms with Crippen LogP contribution in [0.4, 0.5) is 5.69 Å². The van der Waals surface area contributed by atoms with Gasteiger partial charge in [-0.2, -0.15) is 0 Å². The highest BCUT2D eigenvalue weighted by molar-refractivity contribution is 6.34. The molecule has 0 atom stereocenters. The molecule has 7 heteroatoms. The quantitative estimate of drug-likeness (QED) is 0.620. The first-order valence-electron chi connectivity index (χ1n) is 7.60. The number of aromatic hydroxyl groups is 1. The van der Waals surface area contributed by atoms with Gasteiger partial charge in [0, 0.05) is 18.4 Å². The van der Waals surface area contributed by atoms with E-state index in [0.717, 1.165) is 0 Å². The minimum absolute atomic E-state index is 0.0923. The van der Waals surface area contributed by atoms with Crippen molar-refractivity contribution in [1.82, 2.24) is 0 Å². The first-order valence-corrected chi connectivity index (χ1v) is 7.97. The summed E-state index contributed by atoms with van der Waals surface area (Å²) >= 11 is 6.09. The van der Waals surface area contributed by atoms with Crippen molar-refractivity contribution in [3.63, 3.8) is 0 Å². The number of aromatic carboxylic acids is 1. The van der Waals surface area contributed by atoms with Gasteiger partial charge >= 0.3 is 5.97 Å². The molecule has 0 aromatic heterocycles. The lowest BCUT2D eigenvalue weighted by atomic mass is 10.1. The van der Waals surface area contributed by atoms with Crippen LogP contribution in [-0.2, 0) is 4.79 Å². The molecule has 0 heterocycles. The lowest BCUT2D eigenvalue weighted by Gasteiger charge is -2.15. The van der Waals surface area contributed by atoms with Gasteiger partial charge < -0.3 is 20.3 Å². The molecule has 3 N–H and O–H groups in total. The molecule has 132 valence electrons. The molecule has 3 aromatic rings. The van der Waals surface area contributed by atoms with Crippen LogP contribution in [0.25, 0.3) is 10.8 Å². The number of carboxylic acid groups (broad SMARTS) is 1. The number of amides is 1. The van der Waals surface area contributed by atoms with Crippen LogP contribution in [-0.4, -0.2) is 22.1 Å². The molecule has 3 aromatic carbocycles. The number of hydrogen-bond donors (Lipinski definition) is 3. The number of ether oxygens (including phenoxy) is 1. The predicted octanol–water partition coefficient (Wildman–Crippen LogP) is 4.65. The van der Waals surface area contributed by atoms with Gasteiger partial charge in [0.15, 0.2) is 0 Å². The smallest absolute Gasteiger partial charge is 0.335 e. The van der Waals surface area contributed by atoms with Crippen molar-refractivity contribution < 1.29 is 24.5 Å². The number of phenolic OH excluding ortho intramolecular Hbond substituents is 1. The summed E-state index contributed by atoms with van der Waals surface area (Å²) in [5, 5.41) is 22.9. The van der Waals surface area contributed by atoms with Gasteiger partial charge in [-0.15, -0.1) is 0 Å². The van der Waals surface area contributed by atoms with E-state index in [1.807, 2.05) is 0 Å². The van der Waals surface area contributed by atoms with E-state index >= 15 is 0 Å². The minimum atomic E-state index is -1.04. The second-order valence-corrected chi connectivity index (χ2v) is 5.95. The molecule has 6 nitrogen and oxygen atoms in total. The number of carbonyl (C=O) groups is 2. The molecule has 0 aliphatic carbocycles. The van der Waals surface area contributed by atoms with E-state index in [0.29, 0.717) is 28.0 Å². The maximum atomic E-state index is 11.5. The third kappa shape index (κ3) is 3.41. The Labute approximate surface area is 153 Å². The van der Waals surface area contributed by atoms with Gasteiger partial charge in [-0.1, -0.05) is 23.7 Å². The van der Waals surface area contributed by atoms with Crippen molar-refractivity contribution >= 4 is 39.9 Å². The fourth-order valence-corrected chi connectivity index (χ4v) is 2.77. The predicted molar refractivity (Wildman–Crippen MR) is 98.4 cm³/mol. The lowest BCUT2D eigenvalue weighted by Crippen LogP contribution is -2.06. The third-order valence-electron chi connectivity index (χ3n) is 3.69. The first kappa shape index (κ1) is 17.6. The molecular weight excluding hydrogens is 358 g/mol. The van der Waals surface area contributed by atoms with Crippen molar-refractivity contribution in [3.05, 3.63) is 59.1 Å². The monoisotopic (exact) mass is 371 g/mol. The molecule has 0 radical (unpaired) electrons. The highest BCUT2D eigenvalue weighted by Gasteiger charge is 2.16. The number of carbonyl (C=O) groups excluding carboxylic acids is 1. The standard InChI is InChI=1S/C19H14ClNO5/c1-10(22)21-15-4-2-3-13-17(15)16(9-14(20)18(13)23)26-12-7-5-11(6-8-12)19(24)25/h2-9,23H,1H3,(H,21,22)(H,24,25). The summed E-state index contributed by atoms with van der Waals surface area (Å²) in [4.78, 5) is 22.4. The van der Waals surface area contributed by atoms with E-state index in [9.17, 15) is 14.7 Å². The molecule has 26 heavy (non-hydrogen) atoms. The lowest BCUT2D eigenvalue weighted by molar-refractivity contribution is -0.114. The first-order chi connectivity index (χ1) is 12.4. The second kappa shape index (κ2) is 6.93. The summed E-state index contributed by atoms with van der Waals surface area (Å²) in [5.74, 6) is -0.736. The van der Waals surface area contributed by atoms with E-state index in [-0.39, 0.29) is 22.2 Å². The Morgan fingerprint density at radius 3 is 2.42 bits per heavy atom. The third-order valence-corrected chi connectivity index (χ3v) is 3.98. The van der Waals surface area contributed by atoms with Crippen molar-refractivity contribution in [3.8, 4) is 17.2 Å². The van der Waals surface area contributed by atoms with Crippen LogP contribution >= 0.6 is 11.6 Å². The van der Waals surface area contributed by atoms with Crippen molar-refractivity contribution in [2.24, 2.45) is 0 Å². The molecule has 0 saturated carbocycles. The van der Waals surface area contributed by atoms with Crippen molar-refractivity contribution in [2.45, 2.75) is 6.92 Å². The van der Waals surface area contributed by atoms with Crippen LogP contribution < -0.4 is 10.1 Å². The van der Waals surface area contributed by atoms with E-state index < -0.39 is 5.97 Å². The normalized spacial score (nSPS) is 10.5. The Hall–Kier alpha value is -3.25. The van der Waals surface area contributed by atoms with Gasteiger partial charge in [0.2, 0.25) is 5.91 Å². The number of carboxylic acids is 1. The minimum Gasteiger partial charge on any atom is -0.506 e. The van der Waals surface area contributed by atoms with Gasteiger partial charge in [-0.3, -0.25) is 4.79 Å². The van der Waals surface area contributed by atoms with Crippen molar-refractivity contribution in [2.75, 3.05) is 5.32 Å². The molecule has 0 bridgehead atoms. The van der Waals surface area contributed by atoms with Gasteiger partial charge in [-0.25, -0.2) is 4.79 Å². The van der Waals surface area contributed by atoms with Gasteiger partial charge in [0.1, 0.15) is 17.2 Å². The number of nitrogens with one attached hydrogen (secondary N) is 1. The molecule has 3 rings (SSSR count). The number of halogens is 1. The van der Waals surface area contributed by atoms with Crippen LogP contribution in [0.5, 0.6) is 17.2 Å². The molecular formula is C19H14ClNO5. The molecule has 0 spiro atoms. The topological polar surface area (TPSA) is 95.9 Å². The summed E-state index contributed by atoms with van der Waals surface area (Å²) in [6, 6.07) is 12.3. The SMILES string of the molecule is CC(=O)Nc1cccc2c(O)c(Cl)cc(Oc3ccc(C(=O)O)cc3)c12. The fraction of sp³-hybridized carbons (Fsp3) is 0.0526. The number of benzene rings is 3. The highest BCUT2D eigenvalue weighted by atomic mass is 35.5. The van der Waals surface area contributed by atoms with E-state index in [4.69, 9.17) is 21.4 Å². The van der Waals surface area contributed by atoms with Crippen LogP contribution in [0, 0.1) is 0 Å². The molecule has 0 saturated heterocycles. The zero-order valence-corrected chi connectivity index (χ0v) is 14.4. The van der Waals surface area contributed by atoms with Crippen LogP contribution in [0.1, 0.15) is 17.3 Å². The second-order valence-electron chi connectivity index (χ2n) is 5.55. The summed E-state index contributed by atoms with van der Waals surface area (Å²) < 4.78 is 5.84. The number of hydrogen-bond acceptors (Lipinski definition) is 4. The summed E-state index contributed by atoms with van der Waals surface area (Å²) in [6.45, 7) is 1.37. The summed E-state index contributed by atoms with van der Waals surface area (Å²) in [6.07, 6.45) is 0.